The van der Waals surface area contributed by atoms with Crippen LogP contribution >= 0.6 is 11.8 Å². The first-order valence-electron chi connectivity index (χ1n) is 7.73. The highest BCUT2D eigenvalue weighted by Crippen LogP contribution is 2.24. The molecule has 0 saturated carbocycles. The summed E-state index contributed by atoms with van der Waals surface area (Å²) in [4.78, 5) is 6.81. The Balaban J connectivity index is 2.31. The maximum Gasteiger partial charge on any atom is 0.193 e. The first-order chi connectivity index (χ1) is 9.54. The molecule has 0 aliphatic carbocycles. The molecule has 0 aromatic carbocycles. The second-order valence-electron chi connectivity index (χ2n) is 5.85. The van der Waals surface area contributed by atoms with Crippen LogP contribution < -0.4 is 5.32 Å². The number of aliphatic imine (C=N–C) groups is 1. The van der Waals surface area contributed by atoms with Gasteiger partial charge < -0.3 is 15.0 Å². The van der Waals surface area contributed by atoms with Gasteiger partial charge in [0.05, 0.1) is 6.10 Å². The fourth-order valence-electron chi connectivity index (χ4n) is 2.19. The van der Waals surface area contributed by atoms with E-state index < -0.39 is 0 Å². The molecular weight excluding hydrogens is 270 g/mol. The smallest absolute Gasteiger partial charge is 0.193 e. The van der Waals surface area contributed by atoms with Crippen LogP contribution in [-0.4, -0.2) is 61.3 Å². The first-order valence-corrected chi connectivity index (χ1v) is 8.78. The summed E-state index contributed by atoms with van der Waals surface area (Å²) in [5, 5.41) is 4.17. The molecule has 1 rings (SSSR count). The van der Waals surface area contributed by atoms with E-state index >= 15 is 0 Å². The number of nitrogens with zero attached hydrogens (tertiary/aromatic N) is 2. The summed E-state index contributed by atoms with van der Waals surface area (Å²) in [5.74, 6) is 2.96. The predicted molar refractivity (Wildman–Crippen MR) is 89.7 cm³/mol. The highest BCUT2D eigenvalue weighted by Gasteiger charge is 2.24. The van der Waals surface area contributed by atoms with Gasteiger partial charge in [0.25, 0.3) is 0 Å². The SMILES string of the molecule is CN=C(NCCCOC(C)C)N1CCSC(C(C)C)C1. The van der Waals surface area contributed by atoms with E-state index in [4.69, 9.17) is 4.74 Å². The number of hydrogen-bond acceptors (Lipinski definition) is 3. The molecule has 0 bridgehead atoms. The van der Waals surface area contributed by atoms with Crippen molar-refractivity contribution in [2.75, 3.05) is 39.0 Å². The summed E-state index contributed by atoms with van der Waals surface area (Å²) in [7, 11) is 1.87. The molecule has 0 aromatic heterocycles. The molecule has 4 nitrogen and oxygen atoms in total. The summed E-state index contributed by atoms with van der Waals surface area (Å²) < 4.78 is 5.55. The zero-order valence-corrected chi connectivity index (χ0v) is 14.5. The molecule has 1 aliphatic heterocycles. The van der Waals surface area contributed by atoms with Gasteiger partial charge in [-0.25, -0.2) is 0 Å². The lowest BCUT2D eigenvalue weighted by molar-refractivity contribution is 0.0776. The Morgan fingerprint density at radius 2 is 2.15 bits per heavy atom. The van der Waals surface area contributed by atoms with Gasteiger partial charge in [-0.1, -0.05) is 13.8 Å². The van der Waals surface area contributed by atoms with Crippen molar-refractivity contribution in [3.63, 3.8) is 0 Å². The van der Waals surface area contributed by atoms with E-state index in [9.17, 15) is 0 Å². The van der Waals surface area contributed by atoms with Gasteiger partial charge in [0.15, 0.2) is 5.96 Å². The average molecular weight is 302 g/mol. The monoisotopic (exact) mass is 301 g/mol. The number of hydrogen-bond donors (Lipinski definition) is 1. The topological polar surface area (TPSA) is 36.9 Å². The van der Waals surface area contributed by atoms with E-state index in [1.165, 1.54) is 5.75 Å². The minimum atomic E-state index is 0.320. The summed E-state index contributed by atoms with van der Waals surface area (Å²) in [6.07, 6.45) is 1.34. The molecule has 1 heterocycles. The normalized spacial score (nSPS) is 20.9. The lowest BCUT2D eigenvalue weighted by Gasteiger charge is -2.36. The minimum Gasteiger partial charge on any atom is -0.379 e. The van der Waals surface area contributed by atoms with Crippen LogP contribution in [0.15, 0.2) is 4.99 Å². The summed E-state index contributed by atoms with van der Waals surface area (Å²) in [5.41, 5.74) is 0. The summed E-state index contributed by atoms with van der Waals surface area (Å²) >= 11 is 2.09. The predicted octanol–water partition coefficient (Wildman–Crippen LogP) is 2.45. The van der Waals surface area contributed by atoms with Gasteiger partial charge in [0, 0.05) is 44.3 Å². The molecule has 1 atom stereocenters. The number of nitrogens with one attached hydrogen (secondary N) is 1. The molecule has 1 aliphatic rings. The van der Waals surface area contributed by atoms with Crippen molar-refractivity contribution in [2.45, 2.75) is 45.5 Å². The third-order valence-corrected chi connectivity index (χ3v) is 4.94. The maximum absolute atomic E-state index is 5.55. The zero-order chi connectivity index (χ0) is 15.0. The van der Waals surface area contributed by atoms with Crippen molar-refractivity contribution in [3.05, 3.63) is 0 Å². The second-order valence-corrected chi connectivity index (χ2v) is 7.19. The second kappa shape index (κ2) is 9.50. The third kappa shape index (κ3) is 6.35. The highest BCUT2D eigenvalue weighted by atomic mass is 32.2. The van der Waals surface area contributed by atoms with Gasteiger partial charge >= 0.3 is 0 Å². The van der Waals surface area contributed by atoms with Crippen molar-refractivity contribution in [1.29, 1.82) is 0 Å². The molecule has 1 saturated heterocycles. The Labute approximate surface area is 128 Å². The highest BCUT2D eigenvalue weighted by molar-refractivity contribution is 8.00. The van der Waals surface area contributed by atoms with Crippen molar-refractivity contribution in [3.8, 4) is 0 Å². The molecule has 0 aromatic rings. The van der Waals surface area contributed by atoms with Crippen LogP contribution in [0, 0.1) is 5.92 Å². The van der Waals surface area contributed by atoms with Crippen LogP contribution in [0.2, 0.25) is 0 Å². The Morgan fingerprint density at radius 3 is 2.75 bits per heavy atom. The van der Waals surface area contributed by atoms with Crippen LogP contribution in [-0.2, 0) is 4.74 Å². The molecule has 5 heteroatoms. The molecule has 0 spiro atoms. The van der Waals surface area contributed by atoms with Gasteiger partial charge in [-0.15, -0.1) is 0 Å². The Morgan fingerprint density at radius 1 is 1.40 bits per heavy atom. The van der Waals surface area contributed by atoms with Crippen molar-refractivity contribution < 1.29 is 4.74 Å². The molecule has 20 heavy (non-hydrogen) atoms. The van der Waals surface area contributed by atoms with Crippen LogP contribution in [0.4, 0.5) is 0 Å². The van der Waals surface area contributed by atoms with Crippen molar-refractivity contribution in [1.82, 2.24) is 10.2 Å². The van der Waals surface area contributed by atoms with E-state index in [1.807, 2.05) is 7.05 Å². The quantitative estimate of drug-likeness (QED) is 0.464. The molecule has 0 radical (unpaired) electrons. The van der Waals surface area contributed by atoms with Crippen LogP contribution in [0.1, 0.15) is 34.1 Å². The van der Waals surface area contributed by atoms with Crippen molar-refractivity contribution >= 4 is 17.7 Å². The van der Waals surface area contributed by atoms with Crippen molar-refractivity contribution in [2.24, 2.45) is 10.9 Å². The van der Waals surface area contributed by atoms with Crippen LogP contribution in [0.25, 0.3) is 0 Å². The average Bonchev–Trinajstić information content (AvgIpc) is 2.42. The summed E-state index contributed by atoms with van der Waals surface area (Å²) in [6.45, 7) is 12.7. The van der Waals surface area contributed by atoms with Gasteiger partial charge in [0.1, 0.15) is 0 Å². The lowest BCUT2D eigenvalue weighted by Crippen LogP contribution is -2.49. The molecule has 1 unspecified atom stereocenters. The zero-order valence-electron chi connectivity index (χ0n) is 13.7. The number of rotatable bonds is 6. The standard InChI is InChI=1S/C15H31N3OS/c1-12(2)14-11-18(8-10-20-14)15(16-5)17-7-6-9-19-13(3)4/h12-14H,6-11H2,1-5H3,(H,16,17). The lowest BCUT2D eigenvalue weighted by atomic mass is 10.1. The fourth-order valence-corrected chi connectivity index (χ4v) is 3.49. The number of ether oxygens (including phenoxy) is 1. The number of thioether (sulfide) groups is 1. The molecule has 1 fully saturated rings. The molecule has 118 valence electrons. The first kappa shape index (κ1) is 17.6. The van der Waals surface area contributed by atoms with Crippen LogP contribution in [0.5, 0.6) is 0 Å². The number of guanidine groups is 1. The van der Waals surface area contributed by atoms with E-state index in [0.29, 0.717) is 11.4 Å². The molecular formula is C15H31N3OS. The summed E-state index contributed by atoms with van der Waals surface area (Å²) in [6, 6.07) is 0. The minimum absolute atomic E-state index is 0.320. The third-order valence-electron chi connectivity index (χ3n) is 3.40. The maximum atomic E-state index is 5.55. The van der Waals surface area contributed by atoms with Gasteiger partial charge in [0.2, 0.25) is 0 Å². The fraction of sp³-hybridized carbons (Fsp3) is 0.933. The molecule has 0 amide bonds. The Kier molecular flexibility index (Phi) is 8.38. The van der Waals surface area contributed by atoms with Crippen LogP contribution in [0.3, 0.4) is 0 Å². The van der Waals surface area contributed by atoms with E-state index in [-0.39, 0.29) is 0 Å². The molecule has 1 N–H and O–H groups in total. The van der Waals surface area contributed by atoms with Gasteiger partial charge in [-0.05, 0) is 26.2 Å². The Hall–Kier alpha value is -0.420. The van der Waals surface area contributed by atoms with E-state index in [1.54, 1.807) is 0 Å². The van der Waals surface area contributed by atoms with Gasteiger partial charge in [-0.3, -0.25) is 4.99 Å². The largest absolute Gasteiger partial charge is 0.379 e. The van der Waals surface area contributed by atoms with Gasteiger partial charge in [-0.2, -0.15) is 11.8 Å². The van der Waals surface area contributed by atoms with E-state index in [2.05, 4.69) is 54.7 Å². The van der Waals surface area contributed by atoms with E-state index in [0.717, 1.165) is 44.5 Å². The Bertz CT molecular complexity index is 295.